The fraction of sp³-hybridized carbons (Fsp3) is 0.333. The van der Waals surface area contributed by atoms with Gasteiger partial charge in [0.2, 0.25) is 15.9 Å². The van der Waals surface area contributed by atoms with Crippen molar-refractivity contribution >= 4 is 22.0 Å². The van der Waals surface area contributed by atoms with Crippen LogP contribution in [0.5, 0.6) is 11.5 Å². The molecule has 1 fully saturated rings. The van der Waals surface area contributed by atoms with Gasteiger partial charge in [0, 0.05) is 31.9 Å². The maximum absolute atomic E-state index is 14.2. The standard InChI is InChI=1S/C21H24FN3O4S/c1-30(27,28)25-11-8-17(9-12-25)14-24-21(26)7-5-16-4-6-20(19(22)13-16)29-18-3-2-10-23-15-18/h2-7,10,13,15,17H,8-9,11-12,14H2,1H3,(H,24,26)/b7-5+. The van der Waals surface area contributed by atoms with Crippen molar-refractivity contribution in [3.8, 4) is 11.5 Å². The number of hydrogen-bond donors (Lipinski definition) is 1. The highest BCUT2D eigenvalue weighted by Crippen LogP contribution is 2.25. The molecule has 1 aromatic heterocycles. The van der Waals surface area contributed by atoms with Crippen LogP contribution in [0.25, 0.3) is 6.08 Å². The van der Waals surface area contributed by atoms with Gasteiger partial charge in [0.1, 0.15) is 5.75 Å². The van der Waals surface area contributed by atoms with Crippen LogP contribution in [0.15, 0.2) is 48.8 Å². The van der Waals surface area contributed by atoms with Gasteiger partial charge >= 0.3 is 0 Å². The van der Waals surface area contributed by atoms with E-state index in [-0.39, 0.29) is 17.6 Å². The van der Waals surface area contributed by atoms with Gasteiger partial charge < -0.3 is 10.1 Å². The van der Waals surface area contributed by atoms with Crippen LogP contribution in [0.1, 0.15) is 18.4 Å². The highest BCUT2D eigenvalue weighted by molar-refractivity contribution is 7.88. The third kappa shape index (κ3) is 6.36. The number of nitrogens with one attached hydrogen (secondary N) is 1. The van der Waals surface area contributed by atoms with Crippen LogP contribution in [0, 0.1) is 11.7 Å². The second kappa shape index (κ2) is 9.82. The van der Waals surface area contributed by atoms with Crippen molar-refractivity contribution in [3.05, 3.63) is 60.2 Å². The molecular formula is C21H24FN3O4S. The first-order chi connectivity index (χ1) is 14.3. The molecule has 0 bridgehead atoms. The van der Waals surface area contributed by atoms with Crippen molar-refractivity contribution in [2.24, 2.45) is 5.92 Å². The lowest BCUT2D eigenvalue weighted by molar-refractivity contribution is -0.116. The summed E-state index contributed by atoms with van der Waals surface area (Å²) in [5, 5.41) is 2.82. The fourth-order valence-corrected chi connectivity index (χ4v) is 4.03. The molecule has 2 aromatic rings. The van der Waals surface area contributed by atoms with E-state index in [0.29, 0.717) is 43.8 Å². The largest absolute Gasteiger partial charge is 0.453 e. The number of rotatable bonds is 7. The number of nitrogens with zero attached hydrogens (tertiary/aromatic N) is 2. The summed E-state index contributed by atoms with van der Waals surface area (Å²) < 4.78 is 44.2. The summed E-state index contributed by atoms with van der Waals surface area (Å²) in [6, 6.07) is 7.80. The molecule has 0 aliphatic carbocycles. The third-order valence-corrected chi connectivity index (χ3v) is 6.16. The van der Waals surface area contributed by atoms with Crippen LogP contribution in [0.2, 0.25) is 0 Å². The average Bonchev–Trinajstić information content (AvgIpc) is 2.73. The molecule has 7 nitrogen and oxygen atoms in total. The molecule has 3 rings (SSSR count). The number of piperidine rings is 1. The predicted molar refractivity (Wildman–Crippen MR) is 112 cm³/mol. The molecule has 30 heavy (non-hydrogen) atoms. The van der Waals surface area contributed by atoms with E-state index in [1.54, 1.807) is 24.4 Å². The Morgan fingerprint density at radius 1 is 1.33 bits per heavy atom. The zero-order chi connectivity index (χ0) is 21.6. The van der Waals surface area contributed by atoms with Crippen LogP contribution >= 0.6 is 0 Å². The number of carbonyl (C=O) groups is 1. The number of aromatic nitrogens is 1. The molecule has 0 unspecified atom stereocenters. The van der Waals surface area contributed by atoms with Gasteiger partial charge in [-0.25, -0.2) is 17.1 Å². The SMILES string of the molecule is CS(=O)(=O)N1CCC(CNC(=O)/C=C/c2ccc(Oc3cccnc3)c(F)c2)CC1. The lowest BCUT2D eigenvalue weighted by atomic mass is 9.98. The molecule has 2 heterocycles. The van der Waals surface area contributed by atoms with Gasteiger partial charge in [-0.2, -0.15) is 0 Å². The van der Waals surface area contributed by atoms with Crippen molar-refractivity contribution in [1.29, 1.82) is 0 Å². The van der Waals surface area contributed by atoms with Crippen LogP contribution in [-0.4, -0.2) is 49.5 Å². The molecule has 1 N–H and O–H groups in total. The minimum Gasteiger partial charge on any atom is -0.453 e. The lowest BCUT2D eigenvalue weighted by Gasteiger charge is -2.30. The molecule has 1 saturated heterocycles. The van der Waals surface area contributed by atoms with Crippen LogP contribution in [0.3, 0.4) is 0 Å². The smallest absolute Gasteiger partial charge is 0.244 e. The Kier molecular flexibility index (Phi) is 7.17. The lowest BCUT2D eigenvalue weighted by Crippen LogP contribution is -2.40. The van der Waals surface area contributed by atoms with Crippen molar-refractivity contribution in [2.45, 2.75) is 12.8 Å². The van der Waals surface area contributed by atoms with Gasteiger partial charge in [-0.15, -0.1) is 0 Å². The average molecular weight is 434 g/mol. The number of amides is 1. The summed E-state index contributed by atoms with van der Waals surface area (Å²) in [4.78, 5) is 16.0. The van der Waals surface area contributed by atoms with Gasteiger partial charge in [-0.05, 0) is 54.7 Å². The monoisotopic (exact) mass is 433 g/mol. The highest BCUT2D eigenvalue weighted by Gasteiger charge is 2.24. The maximum Gasteiger partial charge on any atom is 0.244 e. The van der Waals surface area contributed by atoms with Crippen LogP contribution < -0.4 is 10.1 Å². The van der Waals surface area contributed by atoms with Gasteiger partial charge in [0.15, 0.2) is 11.6 Å². The Labute approximate surface area is 175 Å². The van der Waals surface area contributed by atoms with E-state index >= 15 is 0 Å². The Morgan fingerprint density at radius 3 is 2.73 bits per heavy atom. The second-order valence-electron chi connectivity index (χ2n) is 7.16. The minimum atomic E-state index is -3.15. The van der Waals surface area contributed by atoms with E-state index in [0.717, 1.165) is 0 Å². The topological polar surface area (TPSA) is 88.6 Å². The van der Waals surface area contributed by atoms with E-state index in [4.69, 9.17) is 4.74 Å². The molecule has 0 atom stereocenters. The quantitative estimate of drug-likeness (QED) is 0.679. The molecule has 1 amide bonds. The normalized spacial score (nSPS) is 15.9. The van der Waals surface area contributed by atoms with E-state index < -0.39 is 15.8 Å². The van der Waals surface area contributed by atoms with E-state index in [9.17, 15) is 17.6 Å². The Balaban J connectivity index is 1.47. The maximum atomic E-state index is 14.2. The van der Waals surface area contributed by atoms with Crippen molar-refractivity contribution in [2.75, 3.05) is 25.9 Å². The van der Waals surface area contributed by atoms with Gasteiger partial charge in [-0.3, -0.25) is 9.78 Å². The summed E-state index contributed by atoms with van der Waals surface area (Å²) >= 11 is 0. The molecular weight excluding hydrogens is 409 g/mol. The van der Waals surface area contributed by atoms with Crippen LogP contribution in [-0.2, 0) is 14.8 Å². The Morgan fingerprint density at radius 2 is 2.10 bits per heavy atom. The zero-order valence-electron chi connectivity index (χ0n) is 16.6. The fourth-order valence-electron chi connectivity index (χ4n) is 3.16. The number of carbonyl (C=O) groups excluding carboxylic acids is 1. The summed E-state index contributed by atoms with van der Waals surface area (Å²) in [6.07, 6.45) is 8.59. The number of ether oxygens (including phenoxy) is 1. The van der Waals surface area contributed by atoms with E-state index in [2.05, 4.69) is 10.3 Å². The van der Waals surface area contributed by atoms with Crippen molar-refractivity contribution < 1.29 is 22.3 Å². The van der Waals surface area contributed by atoms with Crippen molar-refractivity contribution in [3.63, 3.8) is 0 Å². The van der Waals surface area contributed by atoms with E-state index in [1.165, 1.54) is 41.0 Å². The zero-order valence-corrected chi connectivity index (χ0v) is 17.4. The summed E-state index contributed by atoms with van der Waals surface area (Å²) in [6.45, 7) is 1.43. The molecule has 0 saturated carbocycles. The summed E-state index contributed by atoms with van der Waals surface area (Å²) in [5.41, 5.74) is 0.530. The Bertz CT molecular complexity index is 1000. The van der Waals surface area contributed by atoms with Crippen molar-refractivity contribution in [1.82, 2.24) is 14.6 Å². The van der Waals surface area contributed by atoms with Gasteiger partial charge in [0.05, 0.1) is 12.5 Å². The molecule has 160 valence electrons. The molecule has 0 spiro atoms. The van der Waals surface area contributed by atoms with Crippen LogP contribution in [0.4, 0.5) is 4.39 Å². The predicted octanol–water partition coefficient (Wildman–Crippen LogP) is 2.81. The van der Waals surface area contributed by atoms with E-state index in [1.807, 2.05) is 0 Å². The number of pyridine rings is 1. The molecule has 0 radical (unpaired) electrons. The number of sulfonamides is 1. The van der Waals surface area contributed by atoms with Gasteiger partial charge in [0.25, 0.3) is 0 Å². The number of halogens is 1. The Hall–Kier alpha value is -2.78. The third-order valence-electron chi connectivity index (χ3n) is 4.85. The first-order valence-corrected chi connectivity index (χ1v) is 11.4. The second-order valence-corrected chi connectivity index (χ2v) is 9.15. The first kappa shape index (κ1) is 21.9. The summed E-state index contributed by atoms with van der Waals surface area (Å²) in [7, 11) is -3.15. The highest BCUT2D eigenvalue weighted by atomic mass is 32.2. The molecule has 1 aliphatic rings. The molecule has 1 aliphatic heterocycles. The minimum absolute atomic E-state index is 0.0741. The molecule has 9 heteroatoms. The number of benzene rings is 1. The number of hydrogen-bond acceptors (Lipinski definition) is 5. The summed E-state index contributed by atoms with van der Waals surface area (Å²) in [5.74, 6) is -0.0798. The first-order valence-electron chi connectivity index (χ1n) is 9.60. The van der Waals surface area contributed by atoms with Gasteiger partial charge in [-0.1, -0.05) is 6.07 Å². The molecule has 1 aromatic carbocycles.